The van der Waals surface area contributed by atoms with E-state index in [0.717, 1.165) is 25.3 Å². The number of anilines is 1. The number of hydrogen-bond donors (Lipinski definition) is 1. The number of amides is 1. The Morgan fingerprint density at radius 1 is 1.33 bits per heavy atom. The van der Waals surface area contributed by atoms with Crippen LogP contribution in [-0.4, -0.2) is 42.7 Å². The summed E-state index contributed by atoms with van der Waals surface area (Å²) in [5.74, 6) is 0.819. The zero-order valence-electron chi connectivity index (χ0n) is 14.1. The second-order valence-electron chi connectivity index (χ2n) is 6.20. The van der Waals surface area contributed by atoms with Crippen molar-refractivity contribution >= 4 is 23.1 Å². The number of thiophene rings is 1. The van der Waals surface area contributed by atoms with E-state index in [1.54, 1.807) is 17.5 Å². The van der Waals surface area contributed by atoms with Gasteiger partial charge in [0, 0.05) is 25.8 Å². The second-order valence-corrected chi connectivity index (χ2v) is 6.98. The number of ether oxygens (including phenoxy) is 1. The van der Waals surface area contributed by atoms with E-state index in [0.29, 0.717) is 12.1 Å². The molecule has 1 saturated heterocycles. The maximum absolute atomic E-state index is 12.2. The van der Waals surface area contributed by atoms with Crippen LogP contribution in [0.15, 0.2) is 35.2 Å². The molecule has 3 heterocycles. The topological polar surface area (TPSA) is 54.5 Å². The maximum atomic E-state index is 12.2. The van der Waals surface area contributed by atoms with Crippen molar-refractivity contribution in [3.63, 3.8) is 0 Å². The fourth-order valence-corrected chi connectivity index (χ4v) is 3.63. The molecule has 0 spiro atoms. The minimum absolute atomic E-state index is 0.0759. The minimum atomic E-state index is -0.0759. The van der Waals surface area contributed by atoms with E-state index >= 15 is 0 Å². The smallest absolute Gasteiger partial charge is 0.252 e. The Labute approximate surface area is 146 Å². The van der Waals surface area contributed by atoms with E-state index in [9.17, 15) is 4.79 Å². The van der Waals surface area contributed by atoms with Gasteiger partial charge in [-0.05, 0) is 54.8 Å². The van der Waals surface area contributed by atoms with Crippen LogP contribution in [0.5, 0.6) is 0 Å². The number of carbonyl (C=O) groups is 1. The molecule has 5 nitrogen and oxygen atoms in total. The molecule has 128 valence electrons. The summed E-state index contributed by atoms with van der Waals surface area (Å²) in [4.78, 5) is 18.8. The zero-order valence-corrected chi connectivity index (χ0v) is 14.9. The van der Waals surface area contributed by atoms with Crippen LogP contribution in [0, 0.1) is 0 Å². The largest absolute Gasteiger partial charge is 0.372 e. The molecule has 2 aromatic rings. The van der Waals surface area contributed by atoms with Gasteiger partial charge in [-0.3, -0.25) is 4.79 Å². The average Bonchev–Trinajstić information content (AvgIpc) is 3.07. The number of nitrogens with one attached hydrogen (secondary N) is 1. The normalized spacial score (nSPS) is 20.8. The summed E-state index contributed by atoms with van der Waals surface area (Å²) >= 11 is 1.67. The number of hydrogen-bond acceptors (Lipinski definition) is 5. The monoisotopic (exact) mass is 345 g/mol. The number of pyridine rings is 1. The molecular weight excluding hydrogens is 322 g/mol. The number of morpholine rings is 1. The van der Waals surface area contributed by atoms with Crippen LogP contribution >= 0.6 is 11.3 Å². The molecule has 0 bridgehead atoms. The molecule has 0 radical (unpaired) electrons. The first-order chi connectivity index (χ1) is 11.6. The van der Waals surface area contributed by atoms with Crippen LogP contribution in [0.3, 0.4) is 0 Å². The molecule has 6 heteroatoms. The SMILES string of the molecule is C[C@H]1CN(c2ccc(C(=O)NCCc3ccsc3)cn2)C[C@H](C)O1. The van der Waals surface area contributed by atoms with Crippen molar-refractivity contribution in [2.24, 2.45) is 0 Å². The third kappa shape index (κ3) is 4.33. The lowest BCUT2D eigenvalue weighted by atomic mass is 10.2. The van der Waals surface area contributed by atoms with Crippen LogP contribution < -0.4 is 10.2 Å². The predicted octanol–water partition coefficient (Wildman–Crippen LogP) is 2.73. The Morgan fingerprint density at radius 2 is 2.12 bits per heavy atom. The Bertz CT molecular complexity index is 647. The summed E-state index contributed by atoms with van der Waals surface area (Å²) < 4.78 is 5.74. The van der Waals surface area contributed by atoms with Gasteiger partial charge in [-0.25, -0.2) is 4.98 Å². The van der Waals surface area contributed by atoms with Gasteiger partial charge in [-0.1, -0.05) is 0 Å². The van der Waals surface area contributed by atoms with Crippen molar-refractivity contribution in [1.82, 2.24) is 10.3 Å². The summed E-state index contributed by atoms with van der Waals surface area (Å²) in [5.41, 5.74) is 1.85. The Kier molecular flexibility index (Phi) is 5.48. The predicted molar refractivity (Wildman–Crippen MR) is 96.8 cm³/mol. The van der Waals surface area contributed by atoms with Gasteiger partial charge in [0.25, 0.3) is 5.91 Å². The van der Waals surface area contributed by atoms with Crippen LogP contribution in [0.2, 0.25) is 0 Å². The molecular formula is C18H23N3O2S. The Morgan fingerprint density at radius 3 is 2.75 bits per heavy atom. The molecule has 1 fully saturated rings. The molecule has 0 saturated carbocycles. The lowest BCUT2D eigenvalue weighted by molar-refractivity contribution is -0.00546. The van der Waals surface area contributed by atoms with Gasteiger partial charge in [0.05, 0.1) is 17.8 Å². The van der Waals surface area contributed by atoms with Gasteiger partial charge in [-0.2, -0.15) is 11.3 Å². The maximum Gasteiger partial charge on any atom is 0.252 e. The third-order valence-electron chi connectivity index (χ3n) is 4.03. The van der Waals surface area contributed by atoms with Gasteiger partial charge < -0.3 is 15.0 Å². The van der Waals surface area contributed by atoms with Gasteiger partial charge in [0.2, 0.25) is 0 Å². The minimum Gasteiger partial charge on any atom is -0.372 e. The average molecular weight is 345 g/mol. The molecule has 1 aliphatic rings. The third-order valence-corrected chi connectivity index (χ3v) is 4.77. The van der Waals surface area contributed by atoms with Crippen LogP contribution in [-0.2, 0) is 11.2 Å². The number of aromatic nitrogens is 1. The van der Waals surface area contributed by atoms with E-state index in [4.69, 9.17) is 4.74 Å². The standard InChI is InChI=1S/C18H23N3O2S/c1-13-10-21(11-14(2)23-13)17-4-3-16(9-20-17)18(22)19-7-5-15-6-8-24-12-15/h3-4,6,8-9,12-14H,5,7,10-11H2,1-2H3,(H,19,22)/t13-,14-/m0/s1. The Hall–Kier alpha value is -1.92. The summed E-state index contributed by atoms with van der Waals surface area (Å²) in [6.45, 7) is 6.42. The first kappa shape index (κ1) is 16.9. The highest BCUT2D eigenvalue weighted by molar-refractivity contribution is 7.07. The van der Waals surface area contributed by atoms with Crippen LogP contribution in [0.25, 0.3) is 0 Å². The highest BCUT2D eigenvalue weighted by Crippen LogP contribution is 2.18. The highest BCUT2D eigenvalue weighted by atomic mass is 32.1. The van der Waals surface area contributed by atoms with E-state index in [1.165, 1.54) is 5.56 Å². The summed E-state index contributed by atoms with van der Waals surface area (Å²) in [6.07, 6.45) is 2.89. The molecule has 1 aliphatic heterocycles. The zero-order chi connectivity index (χ0) is 16.9. The molecule has 2 atom stereocenters. The summed E-state index contributed by atoms with van der Waals surface area (Å²) in [7, 11) is 0. The number of rotatable bonds is 5. The first-order valence-electron chi connectivity index (χ1n) is 8.27. The molecule has 0 aromatic carbocycles. The molecule has 3 rings (SSSR count). The van der Waals surface area contributed by atoms with E-state index in [-0.39, 0.29) is 18.1 Å². The van der Waals surface area contributed by atoms with Crippen LogP contribution in [0.4, 0.5) is 5.82 Å². The van der Waals surface area contributed by atoms with Crippen LogP contribution in [0.1, 0.15) is 29.8 Å². The molecule has 0 aliphatic carbocycles. The first-order valence-corrected chi connectivity index (χ1v) is 9.22. The van der Waals surface area contributed by atoms with Crippen molar-refractivity contribution in [2.45, 2.75) is 32.5 Å². The van der Waals surface area contributed by atoms with Crippen molar-refractivity contribution in [1.29, 1.82) is 0 Å². The van der Waals surface area contributed by atoms with Gasteiger partial charge in [-0.15, -0.1) is 0 Å². The fourth-order valence-electron chi connectivity index (χ4n) is 2.93. The Balaban J connectivity index is 1.54. The molecule has 2 aromatic heterocycles. The molecule has 24 heavy (non-hydrogen) atoms. The summed E-state index contributed by atoms with van der Waals surface area (Å²) in [5, 5.41) is 7.10. The number of carbonyl (C=O) groups excluding carboxylic acids is 1. The van der Waals surface area contributed by atoms with Crippen molar-refractivity contribution < 1.29 is 9.53 Å². The van der Waals surface area contributed by atoms with E-state index < -0.39 is 0 Å². The van der Waals surface area contributed by atoms with Gasteiger partial charge in [0.1, 0.15) is 5.82 Å². The van der Waals surface area contributed by atoms with Crippen molar-refractivity contribution in [3.05, 3.63) is 46.3 Å². The lowest BCUT2D eigenvalue weighted by Gasteiger charge is -2.36. The second kappa shape index (κ2) is 7.77. The molecule has 1 amide bonds. The van der Waals surface area contributed by atoms with Gasteiger partial charge in [0.15, 0.2) is 0 Å². The van der Waals surface area contributed by atoms with Gasteiger partial charge >= 0.3 is 0 Å². The molecule has 1 N–H and O–H groups in total. The van der Waals surface area contributed by atoms with E-state index in [2.05, 4.69) is 40.5 Å². The number of nitrogens with zero attached hydrogens (tertiary/aromatic N) is 2. The van der Waals surface area contributed by atoms with E-state index in [1.807, 2.05) is 17.5 Å². The van der Waals surface area contributed by atoms with Crippen molar-refractivity contribution in [2.75, 3.05) is 24.5 Å². The highest BCUT2D eigenvalue weighted by Gasteiger charge is 2.23. The fraction of sp³-hybridized carbons (Fsp3) is 0.444. The molecule has 0 unspecified atom stereocenters. The lowest BCUT2D eigenvalue weighted by Crippen LogP contribution is -2.45. The quantitative estimate of drug-likeness (QED) is 0.905. The van der Waals surface area contributed by atoms with Crippen molar-refractivity contribution in [3.8, 4) is 0 Å². The summed E-state index contributed by atoms with van der Waals surface area (Å²) in [6, 6.07) is 5.84.